The van der Waals surface area contributed by atoms with E-state index in [2.05, 4.69) is 62.3 Å². The van der Waals surface area contributed by atoms with E-state index in [9.17, 15) is 0 Å². The smallest absolute Gasteiger partial charge is 0.133 e. The lowest BCUT2D eigenvalue weighted by molar-refractivity contribution is 0.0271. The normalized spacial score (nSPS) is 25.3. The minimum atomic E-state index is 0.0819. The van der Waals surface area contributed by atoms with Gasteiger partial charge in [-0.05, 0) is 45.6 Å². The summed E-state index contributed by atoms with van der Waals surface area (Å²) in [5.41, 5.74) is 3.71. The Morgan fingerprint density at radius 3 is 2.65 bits per heavy atom. The van der Waals surface area contributed by atoms with Crippen molar-refractivity contribution >= 4 is 0 Å². The van der Waals surface area contributed by atoms with Crippen molar-refractivity contribution in [3.05, 3.63) is 59.2 Å². The Labute approximate surface area is 137 Å². The van der Waals surface area contributed by atoms with E-state index in [1.54, 1.807) is 0 Å². The predicted octanol–water partition coefficient (Wildman–Crippen LogP) is 4.28. The van der Waals surface area contributed by atoms with Crippen LogP contribution in [0, 0.1) is 6.92 Å². The summed E-state index contributed by atoms with van der Waals surface area (Å²) < 4.78 is 12.7. The number of fused-ring (bicyclic) bond motifs is 5. The standard InChI is InChI=1S/C20H23NO2/c1-13-8-9-19-17(10-13)20-16(11-14(22-20)12-21(2)3)15-6-4-5-7-18(15)23-19/h4-10,14,16,20H,11-12H2,1-3H3/t14-,16-,20-/m0/s1. The molecule has 1 fully saturated rings. The van der Waals surface area contributed by atoms with Crippen molar-refractivity contribution in [2.75, 3.05) is 20.6 Å². The quantitative estimate of drug-likeness (QED) is 0.826. The Balaban J connectivity index is 1.80. The number of hydrogen-bond acceptors (Lipinski definition) is 3. The van der Waals surface area contributed by atoms with Crippen molar-refractivity contribution in [2.24, 2.45) is 0 Å². The Hall–Kier alpha value is -1.84. The molecular weight excluding hydrogens is 286 g/mol. The third kappa shape index (κ3) is 2.64. The maximum Gasteiger partial charge on any atom is 0.133 e. The maximum atomic E-state index is 6.47. The van der Waals surface area contributed by atoms with E-state index in [1.165, 1.54) is 16.7 Å². The van der Waals surface area contributed by atoms with Crippen LogP contribution in [0.3, 0.4) is 0 Å². The zero-order valence-electron chi connectivity index (χ0n) is 14.0. The van der Waals surface area contributed by atoms with Gasteiger partial charge < -0.3 is 14.4 Å². The molecule has 1 saturated heterocycles. The van der Waals surface area contributed by atoms with Crippen molar-refractivity contribution in [2.45, 2.75) is 31.5 Å². The second-order valence-electron chi connectivity index (χ2n) is 6.96. The molecule has 23 heavy (non-hydrogen) atoms. The minimum absolute atomic E-state index is 0.0819. The largest absolute Gasteiger partial charge is 0.457 e. The molecular formula is C20H23NO2. The van der Waals surface area contributed by atoms with Gasteiger partial charge in [0.1, 0.15) is 11.5 Å². The van der Waals surface area contributed by atoms with E-state index >= 15 is 0 Å². The zero-order chi connectivity index (χ0) is 16.0. The van der Waals surface area contributed by atoms with Gasteiger partial charge in [-0.2, -0.15) is 0 Å². The van der Waals surface area contributed by atoms with Gasteiger partial charge in [0, 0.05) is 23.6 Å². The first-order valence-corrected chi connectivity index (χ1v) is 8.29. The van der Waals surface area contributed by atoms with Gasteiger partial charge in [0.15, 0.2) is 0 Å². The third-order valence-electron chi connectivity index (χ3n) is 4.80. The molecule has 3 nitrogen and oxygen atoms in total. The lowest BCUT2D eigenvalue weighted by Gasteiger charge is -2.19. The fraction of sp³-hybridized carbons (Fsp3) is 0.400. The molecule has 2 heterocycles. The van der Waals surface area contributed by atoms with Crippen LogP contribution in [0.15, 0.2) is 42.5 Å². The molecule has 0 amide bonds. The molecule has 2 aliphatic rings. The van der Waals surface area contributed by atoms with E-state index in [1.807, 2.05) is 6.07 Å². The van der Waals surface area contributed by atoms with Crippen LogP contribution in [0.4, 0.5) is 0 Å². The average Bonchev–Trinajstić information content (AvgIpc) is 2.87. The predicted molar refractivity (Wildman–Crippen MR) is 91.2 cm³/mol. The highest BCUT2D eigenvalue weighted by Gasteiger charge is 2.41. The van der Waals surface area contributed by atoms with Crippen LogP contribution in [0.1, 0.15) is 35.1 Å². The van der Waals surface area contributed by atoms with Crippen molar-refractivity contribution in [3.63, 3.8) is 0 Å². The van der Waals surface area contributed by atoms with Crippen LogP contribution >= 0.6 is 0 Å². The van der Waals surface area contributed by atoms with Crippen molar-refractivity contribution < 1.29 is 9.47 Å². The number of hydrogen-bond donors (Lipinski definition) is 0. The van der Waals surface area contributed by atoms with Crippen LogP contribution in [0.2, 0.25) is 0 Å². The minimum Gasteiger partial charge on any atom is -0.457 e. The average molecular weight is 309 g/mol. The molecule has 0 spiro atoms. The molecule has 3 heteroatoms. The molecule has 2 aromatic rings. The number of ether oxygens (including phenoxy) is 2. The molecule has 0 unspecified atom stereocenters. The fourth-order valence-electron chi connectivity index (χ4n) is 3.85. The summed E-state index contributed by atoms with van der Waals surface area (Å²) in [6.07, 6.45) is 1.38. The molecule has 0 bridgehead atoms. The van der Waals surface area contributed by atoms with Crippen LogP contribution in [0.25, 0.3) is 0 Å². The van der Waals surface area contributed by atoms with Gasteiger partial charge in [0.25, 0.3) is 0 Å². The number of para-hydroxylation sites is 1. The van der Waals surface area contributed by atoms with Crippen molar-refractivity contribution in [1.82, 2.24) is 4.90 Å². The highest BCUT2D eigenvalue weighted by Crippen LogP contribution is 2.52. The van der Waals surface area contributed by atoms with Crippen molar-refractivity contribution in [1.29, 1.82) is 0 Å². The molecule has 0 aliphatic carbocycles. The van der Waals surface area contributed by atoms with E-state index in [0.717, 1.165) is 24.5 Å². The van der Waals surface area contributed by atoms with Gasteiger partial charge in [-0.15, -0.1) is 0 Å². The Kier molecular flexibility index (Phi) is 3.63. The third-order valence-corrected chi connectivity index (χ3v) is 4.80. The van der Waals surface area contributed by atoms with Gasteiger partial charge in [-0.1, -0.05) is 29.8 Å². The highest BCUT2D eigenvalue weighted by atomic mass is 16.5. The van der Waals surface area contributed by atoms with E-state index in [4.69, 9.17) is 9.47 Å². The lowest BCUT2D eigenvalue weighted by Crippen LogP contribution is -2.25. The number of nitrogens with zero attached hydrogens (tertiary/aromatic N) is 1. The van der Waals surface area contributed by atoms with E-state index in [-0.39, 0.29) is 12.2 Å². The Morgan fingerprint density at radius 1 is 1.04 bits per heavy atom. The van der Waals surface area contributed by atoms with Crippen molar-refractivity contribution in [3.8, 4) is 11.5 Å². The fourth-order valence-corrected chi connectivity index (χ4v) is 3.85. The van der Waals surface area contributed by atoms with Gasteiger partial charge in [0.2, 0.25) is 0 Å². The van der Waals surface area contributed by atoms with Crippen LogP contribution in [0.5, 0.6) is 11.5 Å². The monoisotopic (exact) mass is 309 g/mol. The van der Waals surface area contributed by atoms with Gasteiger partial charge in [-0.25, -0.2) is 0 Å². The SMILES string of the molecule is Cc1ccc2c(c1)[C@H]1O[C@H](CN(C)C)C[C@H]1c1ccccc1O2. The second kappa shape index (κ2) is 5.66. The summed E-state index contributed by atoms with van der Waals surface area (Å²) >= 11 is 0. The molecule has 0 saturated carbocycles. The van der Waals surface area contributed by atoms with Gasteiger partial charge in [-0.3, -0.25) is 0 Å². The lowest BCUT2D eigenvalue weighted by atomic mass is 9.87. The molecule has 2 aromatic carbocycles. The van der Waals surface area contributed by atoms with E-state index < -0.39 is 0 Å². The highest BCUT2D eigenvalue weighted by molar-refractivity contribution is 5.50. The Bertz CT molecular complexity index is 725. The number of aryl methyl sites for hydroxylation is 1. The molecule has 0 aromatic heterocycles. The van der Waals surface area contributed by atoms with E-state index in [0.29, 0.717) is 5.92 Å². The molecule has 0 radical (unpaired) electrons. The summed E-state index contributed by atoms with van der Waals surface area (Å²) in [6, 6.07) is 14.8. The Morgan fingerprint density at radius 2 is 1.83 bits per heavy atom. The zero-order valence-corrected chi connectivity index (χ0v) is 14.0. The summed E-state index contributed by atoms with van der Waals surface area (Å²) in [5, 5.41) is 0. The first-order chi connectivity index (χ1) is 11.1. The number of rotatable bonds is 2. The molecule has 120 valence electrons. The van der Waals surface area contributed by atoms with Crippen LogP contribution in [-0.2, 0) is 4.74 Å². The van der Waals surface area contributed by atoms with Crippen LogP contribution in [-0.4, -0.2) is 31.6 Å². The number of benzene rings is 2. The van der Waals surface area contributed by atoms with Gasteiger partial charge in [0.05, 0.1) is 12.2 Å². The summed E-state index contributed by atoms with van der Waals surface area (Å²) in [4.78, 5) is 2.20. The number of likely N-dealkylation sites (N-methyl/N-ethyl adjacent to an activating group) is 1. The first-order valence-electron chi connectivity index (χ1n) is 8.29. The second-order valence-corrected chi connectivity index (χ2v) is 6.96. The topological polar surface area (TPSA) is 21.7 Å². The summed E-state index contributed by atoms with van der Waals surface area (Å²) in [5.74, 6) is 2.26. The maximum absolute atomic E-state index is 6.47. The molecule has 2 aliphatic heterocycles. The summed E-state index contributed by atoms with van der Waals surface area (Å²) in [7, 11) is 4.21. The first kappa shape index (κ1) is 14.7. The summed E-state index contributed by atoms with van der Waals surface area (Å²) in [6.45, 7) is 3.08. The molecule has 4 rings (SSSR count). The molecule has 0 N–H and O–H groups in total. The van der Waals surface area contributed by atoms with Gasteiger partial charge >= 0.3 is 0 Å². The van der Waals surface area contributed by atoms with Crippen LogP contribution < -0.4 is 4.74 Å². The molecule has 3 atom stereocenters.